The summed E-state index contributed by atoms with van der Waals surface area (Å²) in [4.78, 5) is 15.5. The first kappa shape index (κ1) is 53.3. The van der Waals surface area contributed by atoms with E-state index in [1.165, 1.54) is 15.6 Å². The van der Waals surface area contributed by atoms with Gasteiger partial charge >= 0.3 is 12.4 Å². The van der Waals surface area contributed by atoms with E-state index in [0.717, 1.165) is 78.1 Å². The lowest BCUT2D eigenvalue weighted by atomic mass is 9.97. The quantitative estimate of drug-likeness (QED) is 0.0736. The van der Waals surface area contributed by atoms with E-state index in [1.807, 2.05) is 111 Å². The molecule has 0 aliphatic rings. The second-order valence-electron chi connectivity index (χ2n) is 21.2. The molecule has 0 aliphatic heterocycles. The normalized spacial score (nSPS) is 12.0. The zero-order valence-corrected chi connectivity index (χ0v) is 46.5. The largest absolute Gasteiger partial charge is 0.416 e. The molecule has 11 heteroatoms. The highest BCUT2D eigenvalue weighted by Crippen LogP contribution is 2.43. The topological polar surface area (TPSA) is 43.6 Å². The number of aromatic nitrogens is 4. The molecule has 0 unspecified atom stereocenters. The second kappa shape index (κ2) is 21.4. The Morgan fingerprint density at radius 1 is 0.310 bits per heavy atom. The predicted octanol–water partition coefficient (Wildman–Crippen LogP) is 17.0. The molecule has 0 spiro atoms. The van der Waals surface area contributed by atoms with Crippen LogP contribution in [-0.4, -0.2) is 27.6 Å². The molecule has 0 N–H and O–H groups in total. The lowest BCUT2D eigenvalue weighted by Gasteiger charge is -2.34. The van der Waals surface area contributed by atoms with Crippen LogP contribution in [0.15, 0.2) is 267 Å². The first-order valence-electron chi connectivity index (χ1n) is 27.4. The smallest absolute Gasteiger partial charge is 0.308 e. The van der Waals surface area contributed by atoms with E-state index < -0.39 is 31.6 Å². The van der Waals surface area contributed by atoms with E-state index in [4.69, 9.17) is 15.0 Å². The SMILES string of the molecule is Cc1cc(C)cc(-c2ccc3c4ccc(-c5cc(C(F)(F)F)cc(C(F)(F)F)c5)cc4n(-c4cc(-c5cccc([Si](c6ccccc6)(c6ccccc6)c6ccccc6)c5)ccc4-c4nc(-c5ccccc5)nc(-c5ccccc5)n4)c3c2)c1. The van der Waals surface area contributed by atoms with E-state index >= 15 is 0 Å². The number of hydrogen-bond acceptors (Lipinski definition) is 3. The van der Waals surface area contributed by atoms with Gasteiger partial charge in [0.2, 0.25) is 0 Å². The summed E-state index contributed by atoms with van der Waals surface area (Å²) in [5, 5.41) is 6.29. The third-order valence-electron chi connectivity index (χ3n) is 15.7. The van der Waals surface area contributed by atoms with Gasteiger partial charge in [0.1, 0.15) is 0 Å². The molecule has 0 radical (unpaired) electrons. The van der Waals surface area contributed by atoms with Crippen molar-refractivity contribution in [1.29, 1.82) is 0 Å². The molecule has 4 nitrogen and oxygen atoms in total. The van der Waals surface area contributed by atoms with Crippen LogP contribution in [0, 0.1) is 13.8 Å². The van der Waals surface area contributed by atoms with Crippen LogP contribution in [0.1, 0.15) is 22.3 Å². The maximum atomic E-state index is 14.6. The third-order valence-corrected chi connectivity index (χ3v) is 20.4. The van der Waals surface area contributed by atoms with Gasteiger partial charge in [-0.05, 0) is 110 Å². The van der Waals surface area contributed by atoms with Gasteiger partial charge in [-0.2, -0.15) is 26.3 Å². The molecular formula is C73H50F6N4Si. The van der Waals surface area contributed by atoms with Gasteiger partial charge in [0.25, 0.3) is 0 Å². The van der Waals surface area contributed by atoms with Crippen molar-refractivity contribution in [3.63, 3.8) is 0 Å². The Morgan fingerprint density at radius 3 is 1.15 bits per heavy atom. The van der Waals surface area contributed by atoms with Crippen molar-refractivity contribution in [3.05, 3.63) is 289 Å². The summed E-state index contributed by atoms with van der Waals surface area (Å²) < 4.78 is 89.5. The van der Waals surface area contributed by atoms with E-state index in [-0.39, 0.29) is 17.2 Å². The summed E-state index contributed by atoms with van der Waals surface area (Å²) in [6.07, 6.45) is -10.1. The number of alkyl halides is 6. The third kappa shape index (κ3) is 9.96. The molecule has 0 amide bonds. The summed E-state index contributed by atoms with van der Waals surface area (Å²) in [6.45, 7) is 4.10. The summed E-state index contributed by atoms with van der Waals surface area (Å²) in [6, 6.07) is 85.5. The number of benzene rings is 11. The van der Waals surface area contributed by atoms with Crippen molar-refractivity contribution in [2.75, 3.05) is 0 Å². The molecule has 13 rings (SSSR count). The minimum atomic E-state index is -5.06. The summed E-state index contributed by atoms with van der Waals surface area (Å²) in [5.41, 5.74) is 6.85. The van der Waals surface area contributed by atoms with Crippen molar-refractivity contribution in [1.82, 2.24) is 19.5 Å². The first-order valence-corrected chi connectivity index (χ1v) is 29.4. The average Bonchev–Trinajstić information content (AvgIpc) is 1.94. The van der Waals surface area contributed by atoms with Crippen molar-refractivity contribution >= 4 is 50.6 Å². The average molecular weight is 1130 g/mol. The Bertz CT molecular complexity index is 4380. The summed E-state index contributed by atoms with van der Waals surface area (Å²) in [5.74, 6) is 1.20. The van der Waals surface area contributed by atoms with Gasteiger partial charge in [-0.3, -0.25) is 0 Å². The Labute approximate surface area is 482 Å². The van der Waals surface area contributed by atoms with Crippen molar-refractivity contribution in [2.24, 2.45) is 0 Å². The molecule has 0 fully saturated rings. The molecule has 0 saturated heterocycles. The lowest BCUT2D eigenvalue weighted by molar-refractivity contribution is -0.143. The van der Waals surface area contributed by atoms with Crippen LogP contribution in [0.25, 0.3) is 95.0 Å². The van der Waals surface area contributed by atoms with Gasteiger partial charge in [-0.15, -0.1) is 0 Å². The predicted molar refractivity (Wildman–Crippen MR) is 330 cm³/mol. The van der Waals surface area contributed by atoms with E-state index in [0.29, 0.717) is 34.2 Å². The highest BCUT2D eigenvalue weighted by molar-refractivity contribution is 7.19. The maximum Gasteiger partial charge on any atom is 0.416 e. The highest BCUT2D eigenvalue weighted by atomic mass is 28.3. The molecule has 11 aromatic carbocycles. The fraction of sp³-hybridized carbons (Fsp3) is 0.0548. The summed E-state index contributed by atoms with van der Waals surface area (Å²) >= 11 is 0. The standard InChI is InChI=1S/C73H50F6N4Si/c1-47-37-48(2)39-55(38-47)53-31-34-63-64-35-32-54(56-40-57(72(74,75)76)46-58(41-56)73(77,78)79)45-67(64)83(66(63)44-53)68-43-52(33-36-65(68)71-81-69(49-19-8-3-9-20-49)80-70(82-71)50-21-10-4-11-22-50)51-23-18-30-62(42-51)84(59-24-12-5-13-25-59,60-26-14-6-15-27-60)61-28-16-7-17-29-61/h3-46H,1-2H3. The number of rotatable bonds is 11. The monoisotopic (exact) mass is 1120 g/mol. The Kier molecular flexibility index (Phi) is 13.6. The fourth-order valence-corrected chi connectivity index (χ4v) is 16.7. The fourth-order valence-electron chi connectivity index (χ4n) is 11.9. The second-order valence-corrected chi connectivity index (χ2v) is 25.0. The first-order chi connectivity index (χ1) is 40.7. The van der Waals surface area contributed by atoms with Crippen molar-refractivity contribution in [2.45, 2.75) is 26.2 Å². The van der Waals surface area contributed by atoms with E-state index in [1.54, 1.807) is 18.2 Å². The maximum absolute atomic E-state index is 14.6. The zero-order chi connectivity index (χ0) is 57.7. The van der Waals surface area contributed by atoms with Crippen LogP contribution in [0.5, 0.6) is 0 Å². The molecule has 0 aliphatic carbocycles. The molecule has 408 valence electrons. The molecule has 13 aromatic rings. The minimum absolute atomic E-state index is 0.157. The molecule has 0 saturated carbocycles. The Morgan fingerprint density at radius 2 is 0.690 bits per heavy atom. The Hall–Kier alpha value is -9.97. The molecule has 0 bridgehead atoms. The van der Waals surface area contributed by atoms with Gasteiger partial charge in [0, 0.05) is 27.5 Å². The number of aryl methyl sites for hydroxylation is 2. The van der Waals surface area contributed by atoms with Crippen molar-refractivity contribution in [3.8, 4) is 73.2 Å². The van der Waals surface area contributed by atoms with E-state index in [9.17, 15) is 26.3 Å². The van der Waals surface area contributed by atoms with Crippen LogP contribution in [0.4, 0.5) is 26.3 Å². The minimum Gasteiger partial charge on any atom is -0.308 e. The van der Waals surface area contributed by atoms with Crippen LogP contribution < -0.4 is 20.7 Å². The van der Waals surface area contributed by atoms with Crippen LogP contribution in [0.2, 0.25) is 0 Å². The van der Waals surface area contributed by atoms with Gasteiger partial charge in [-0.25, -0.2) is 15.0 Å². The number of hydrogen-bond donors (Lipinski definition) is 0. The van der Waals surface area contributed by atoms with Crippen molar-refractivity contribution < 1.29 is 26.3 Å². The highest BCUT2D eigenvalue weighted by Gasteiger charge is 2.42. The Balaban J connectivity index is 1.13. The lowest BCUT2D eigenvalue weighted by Crippen LogP contribution is -2.74. The van der Waals surface area contributed by atoms with Gasteiger partial charge in [0.15, 0.2) is 25.5 Å². The molecule has 2 heterocycles. The van der Waals surface area contributed by atoms with E-state index in [2.05, 4.69) is 138 Å². The van der Waals surface area contributed by atoms with Crippen LogP contribution in [-0.2, 0) is 12.4 Å². The molecular weight excluding hydrogens is 1070 g/mol. The number of halogens is 6. The van der Waals surface area contributed by atoms with Crippen LogP contribution >= 0.6 is 0 Å². The van der Waals surface area contributed by atoms with Gasteiger partial charge in [0.05, 0.1) is 27.8 Å². The molecule has 2 aromatic heterocycles. The summed E-state index contributed by atoms with van der Waals surface area (Å²) in [7, 11) is -3.03. The van der Waals surface area contributed by atoms with Gasteiger partial charge in [-0.1, -0.05) is 236 Å². The number of nitrogens with zero attached hydrogens (tertiary/aromatic N) is 4. The zero-order valence-electron chi connectivity index (χ0n) is 45.5. The van der Waals surface area contributed by atoms with Crippen LogP contribution in [0.3, 0.4) is 0 Å². The van der Waals surface area contributed by atoms with Gasteiger partial charge < -0.3 is 4.57 Å². The number of fused-ring (bicyclic) bond motifs is 3. The molecule has 84 heavy (non-hydrogen) atoms. The molecule has 0 atom stereocenters.